The van der Waals surface area contributed by atoms with Crippen molar-refractivity contribution in [3.05, 3.63) is 28.4 Å². The lowest BCUT2D eigenvalue weighted by atomic mass is 10.2. The van der Waals surface area contributed by atoms with E-state index >= 15 is 0 Å². The molecule has 1 aromatic heterocycles. The molecule has 0 atom stereocenters. The van der Waals surface area contributed by atoms with Crippen LogP contribution in [0.1, 0.15) is 20.8 Å². The van der Waals surface area contributed by atoms with E-state index in [1.54, 1.807) is 0 Å². The molecule has 0 aliphatic rings. The molecule has 0 N–H and O–H groups in total. The molecule has 0 aliphatic heterocycles. The van der Waals surface area contributed by atoms with Crippen molar-refractivity contribution in [1.29, 1.82) is 0 Å². The normalized spacial score (nSPS) is 12.2. The van der Waals surface area contributed by atoms with E-state index in [0.717, 1.165) is 0 Å². The van der Waals surface area contributed by atoms with Gasteiger partial charge in [0.2, 0.25) is 5.88 Å². The van der Waals surface area contributed by atoms with Gasteiger partial charge in [-0.3, -0.25) is 10.1 Å². The van der Waals surface area contributed by atoms with Gasteiger partial charge in [0.15, 0.2) is 8.32 Å². The monoisotopic (exact) mass is 298 g/mol. The van der Waals surface area contributed by atoms with E-state index in [-0.39, 0.29) is 10.7 Å². The van der Waals surface area contributed by atoms with Crippen molar-refractivity contribution in [2.24, 2.45) is 0 Å². The van der Waals surface area contributed by atoms with Crippen molar-refractivity contribution in [3.8, 4) is 5.88 Å². The third-order valence-corrected chi connectivity index (χ3v) is 8.07. The average molecular weight is 298 g/mol. The zero-order valence-electron chi connectivity index (χ0n) is 12.7. The Morgan fingerprint density at radius 3 is 2.40 bits per heavy atom. The van der Waals surface area contributed by atoms with Crippen molar-refractivity contribution in [2.75, 3.05) is 13.2 Å². The SMILES string of the molecule is CC(C)(C)[Si](C)(C)OCCOc1ccc([N+](=O)[O-])cn1. The van der Waals surface area contributed by atoms with Crippen LogP contribution in [0, 0.1) is 10.1 Å². The Morgan fingerprint density at radius 2 is 1.95 bits per heavy atom. The Balaban J connectivity index is 2.40. The minimum Gasteiger partial charge on any atom is -0.475 e. The van der Waals surface area contributed by atoms with Crippen LogP contribution < -0.4 is 4.74 Å². The Labute approximate surface area is 120 Å². The van der Waals surface area contributed by atoms with Crippen molar-refractivity contribution in [3.63, 3.8) is 0 Å². The maximum atomic E-state index is 10.5. The Bertz CT molecular complexity index is 454. The van der Waals surface area contributed by atoms with Gasteiger partial charge >= 0.3 is 0 Å². The highest BCUT2D eigenvalue weighted by Crippen LogP contribution is 2.36. The van der Waals surface area contributed by atoms with Gasteiger partial charge in [-0.1, -0.05) is 20.8 Å². The second-order valence-electron chi connectivity index (χ2n) is 6.07. The standard InChI is InChI=1S/C13H22N2O4Si/c1-13(2,3)20(4,5)19-9-8-18-12-7-6-11(10-14-12)15(16)17/h6-7,10H,8-9H2,1-5H3. The van der Waals surface area contributed by atoms with Crippen molar-refractivity contribution in [1.82, 2.24) is 4.98 Å². The predicted octanol–water partition coefficient (Wildman–Crippen LogP) is 3.39. The van der Waals surface area contributed by atoms with Gasteiger partial charge in [0, 0.05) is 12.1 Å². The molecule has 20 heavy (non-hydrogen) atoms. The predicted molar refractivity (Wildman–Crippen MR) is 79.5 cm³/mol. The Morgan fingerprint density at radius 1 is 1.30 bits per heavy atom. The number of nitrogens with zero attached hydrogens (tertiary/aromatic N) is 2. The molecule has 1 rings (SSSR count). The number of hydrogen-bond donors (Lipinski definition) is 0. The summed E-state index contributed by atoms with van der Waals surface area (Å²) in [4.78, 5) is 13.9. The first-order valence-corrected chi connectivity index (χ1v) is 9.41. The maximum absolute atomic E-state index is 10.5. The summed E-state index contributed by atoms with van der Waals surface area (Å²) in [5.41, 5.74) is -0.0464. The highest BCUT2D eigenvalue weighted by atomic mass is 28.4. The van der Waals surface area contributed by atoms with E-state index in [9.17, 15) is 10.1 Å². The molecule has 0 aliphatic carbocycles. The fraction of sp³-hybridized carbons (Fsp3) is 0.615. The summed E-state index contributed by atoms with van der Waals surface area (Å²) in [6.07, 6.45) is 1.18. The smallest absolute Gasteiger partial charge is 0.287 e. The van der Waals surface area contributed by atoms with Crippen LogP contribution in [0.4, 0.5) is 5.69 Å². The van der Waals surface area contributed by atoms with Crippen molar-refractivity contribution >= 4 is 14.0 Å². The van der Waals surface area contributed by atoms with Gasteiger partial charge in [-0.15, -0.1) is 0 Å². The van der Waals surface area contributed by atoms with E-state index in [4.69, 9.17) is 9.16 Å². The first kappa shape index (κ1) is 16.6. The van der Waals surface area contributed by atoms with Gasteiger partial charge in [-0.2, -0.15) is 0 Å². The molecule has 0 spiro atoms. The van der Waals surface area contributed by atoms with Gasteiger partial charge < -0.3 is 9.16 Å². The van der Waals surface area contributed by atoms with E-state index < -0.39 is 13.2 Å². The van der Waals surface area contributed by atoms with Gasteiger partial charge in [0.25, 0.3) is 5.69 Å². The quantitative estimate of drug-likeness (QED) is 0.348. The van der Waals surface area contributed by atoms with Gasteiger partial charge in [-0.25, -0.2) is 4.98 Å². The van der Waals surface area contributed by atoms with E-state index in [0.29, 0.717) is 19.1 Å². The zero-order valence-corrected chi connectivity index (χ0v) is 13.7. The van der Waals surface area contributed by atoms with Crippen LogP contribution in [-0.2, 0) is 4.43 Å². The summed E-state index contributed by atoms with van der Waals surface area (Å²) in [6, 6.07) is 2.86. The molecule has 0 saturated carbocycles. The fourth-order valence-corrected chi connectivity index (χ4v) is 2.25. The van der Waals surface area contributed by atoms with E-state index in [1.807, 2.05) is 0 Å². The molecule has 0 amide bonds. The average Bonchev–Trinajstić information content (AvgIpc) is 2.34. The minimum absolute atomic E-state index is 0.0464. The molecular formula is C13H22N2O4Si. The Kier molecular flexibility index (Phi) is 5.24. The lowest BCUT2D eigenvalue weighted by molar-refractivity contribution is -0.385. The van der Waals surface area contributed by atoms with Crippen LogP contribution in [0.2, 0.25) is 18.1 Å². The highest BCUT2D eigenvalue weighted by Gasteiger charge is 2.36. The lowest BCUT2D eigenvalue weighted by Crippen LogP contribution is -2.41. The van der Waals surface area contributed by atoms with Crippen LogP contribution >= 0.6 is 0 Å². The number of nitro groups is 1. The van der Waals surface area contributed by atoms with Crippen LogP contribution in [0.25, 0.3) is 0 Å². The molecule has 6 nitrogen and oxygen atoms in total. The van der Waals surface area contributed by atoms with Crippen molar-refractivity contribution < 1.29 is 14.1 Å². The summed E-state index contributed by atoms with van der Waals surface area (Å²) in [7, 11) is -1.76. The molecule has 0 radical (unpaired) electrons. The van der Waals surface area contributed by atoms with Crippen LogP contribution in [0.5, 0.6) is 5.88 Å². The van der Waals surface area contributed by atoms with Crippen LogP contribution in [0.15, 0.2) is 18.3 Å². The van der Waals surface area contributed by atoms with Gasteiger partial charge in [0.1, 0.15) is 12.8 Å². The Hall–Kier alpha value is -1.47. The lowest BCUT2D eigenvalue weighted by Gasteiger charge is -2.36. The van der Waals surface area contributed by atoms with Gasteiger partial charge in [-0.05, 0) is 18.1 Å². The van der Waals surface area contributed by atoms with Crippen LogP contribution in [-0.4, -0.2) is 31.4 Å². The molecule has 0 aromatic carbocycles. The minimum atomic E-state index is -1.76. The maximum Gasteiger partial charge on any atom is 0.287 e. The zero-order chi connectivity index (χ0) is 15.4. The number of pyridine rings is 1. The summed E-state index contributed by atoms with van der Waals surface area (Å²) >= 11 is 0. The first-order chi connectivity index (χ1) is 9.13. The summed E-state index contributed by atoms with van der Waals surface area (Å²) in [6.45, 7) is 11.8. The molecule has 0 fully saturated rings. The topological polar surface area (TPSA) is 74.5 Å². The largest absolute Gasteiger partial charge is 0.475 e. The third kappa shape index (κ3) is 4.57. The molecule has 1 aromatic rings. The number of rotatable bonds is 6. The molecule has 1 heterocycles. The van der Waals surface area contributed by atoms with Crippen molar-refractivity contribution in [2.45, 2.75) is 38.9 Å². The summed E-state index contributed by atoms with van der Waals surface area (Å²) in [5.74, 6) is 0.370. The number of hydrogen-bond acceptors (Lipinski definition) is 5. The summed E-state index contributed by atoms with van der Waals surface area (Å²) < 4.78 is 11.4. The fourth-order valence-electron chi connectivity index (χ4n) is 1.23. The van der Waals surface area contributed by atoms with E-state index in [1.165, 1.54) is 18.3 Å². The number of aromatic nitrogens is 1. The number of ether oxygens (including phenoxy) is 1. The van der Waals surface area contributed by atoms with E-state index in [2.05, 4.69) is 38.8 Å². The molecule has 0 unspecified atom stereocenters. The molecule has 112 valence electrons. The second-order valence-corrected chi connectivity index (χ2v) is 10.9. The molecule has 0 saturated heterocycles. The molecule has 0 bridgehead atoms. The van der Waals surface area contributed by atoms with Crippen LogP contribution in [0.3, 0.4) is 0 Å². The highest BCUT2D eigenvalue weighted by molar-refractivity contribution is 6.74. The third-order valence-electron chi connectivity index (χ3n) is 3.53. The summed E-state index contributed by atoms with van der Waals surface area (Å²) in [5, 5.41) is 10.7. The second kappa shape index (κ2) is 6.32. The molecule has 7 heteroatoms. The first-order valence-electron chi connectivity index (χ1n) is 6.51. The molecular weight excluding hydrogens is 276 g/mol. The van der Waals surface area contributed by atoms with Gasteiger partial charge in [0.05, 0.1) is 11.5 Å².